The SMILES string of the molecule is Cc1cccc(C(=O)N2CC3(CC(OCC4CC4)CS3)C2)c1. The fourth-order valence-electron chi connectivity index (χ4n) is 3.44. The Hall–Kier alpha value is -1.00. The second-order valence-corrected chi connectivity index (χ2v) is 8.62. The molecule has 118 valence electrons. The fraction of sp³-hybridized carbons (Fsp3) is 0.611. The second kappa shape index (κ2) is 5.57. The molecule has 1 unspecified atom stereocenters. The van der Waals surface area contributed by atoms with E-state index in [1.54, 1.807) is 0 Å². The Morgan fingerprint density at radius 2 is 2.23 bits per heavy atom. The van der Waals surface area contributed by atoms with Crippen LogP contribution >= 0.6 is 11.8 Å². The molecule has 22 heavy (non-hydrogen) atoms. The lowest BCUT2D eigenvalue weighted by Gasteiger charge is -2.47. The van der Waals surface area contributed by atoms with Crippen LogP contribution < -0.4 is 0 Å². The van der Waals surface area contributed by atoms with Gasteiger partial charge in [0, 0.05) is 31.0 Å². The van der Waals surface area contributed by atoms with Crippen LogP contribution in [0.2, 0.25) is 0 Å². The van der Waals surface area contributed by atoms with Crippen molar-refractivity contribution in [3.05, 3.63) is 35.4 Å². The Kier molecular flexibility index (Phi) is 3.69. The number of hydrogen-bond donors (Lipinski definition) is 0. The number of nitrogens with zero attached hydrogens (tertiary/aromatic N) is 1. The number of carbonyl (C=O) groups is 1. The third-order valence-electron chi connectivity index (χ3n) is 4.95. The quantitative estimate of drug-likeness (QED) is 0.854. The van der Waals surface area contributed by atoms with Crippen LogP contribution in [0, 0.1) is 12.8 Å². The maximum atomic E-state index is 12.5. The van der Waals surface area contributed by atoms with Gasteiger partial charge >= 0.3 is 0 Å². The van der Waals surface area contributed by atoms with Gasteiger partial charge in [0.2, 0.25) is 0 Å². The summed E-state index contributed by atoms with van der Waals surface area (Å²) in [6, 6.07) is 7.90. The molecule has 3 fully saturated rings. The van der Waals surface area contributed by atoms with Crippen molar-refractivity contribution in [3.63, 3.8) is 0 Å². The standard InChI is InChI=1S/C18H23NO2S/c1-13-3-2-4-15(7-13)17(20)19-11-18(12-19)8-16(10-22-18)21-9-14-5-6-14/h2-4,7,14,16H,5-6,8-12H2,1H3. The first-order valence-corrected chi connectivity index (χ1v) is 9.24. The molecule has 0 N–H and O–H groups in total. The number of rotatable bonds is 4. The van der Waals surface area contributed by atoms with Gasteiger partial charge in [-0.3, -0.25) is 4.79 Å². The highest BCUT2D eigenvalue weighted by Crippen LogP contribution is 2.46. The molecule has 3 aliphatic rings. The monoisotopic (exact) mass is 317 g/mol. The summed E-state index contributed by atoms with van der Waals surface area (Å²) in [5, 5.41) is 0. The number of hydrogen-bond acceptors (Lipinski definition) is 3. The van der Waals surface area contributed by atoms with Gasteiger partial charge in [0.1, 0.15) is 0 Å². The smallest absolute Gasteiger partial charge is 0.253 e. The van der Waals surface area contributed by atoms with E-state index in [0.29, 0.717) is 6.10 Å². The Morgan fingerprint density at radius 3 is 2.95 bits per heavy atom. The molecule has 1 spiro atoms. The molecule has 2 aliphatic heterocycles. The van der Waals surface area contributed by atoms with Gasteiger partial charge < -0.3 is 9.64 Å². The lowest BCUT2D eigenvalue weighted by Crippen LogP contribution is -2.60. The van der Waals surface area contributed by atoms with E-state index in [1.807, 2.05) is 47.9 Å². The molecule has 2 saturated heterocycles. The molecule has 1 aromatic rings. The first-order valence-electron chi connectivity index (χ1n) is 8.25. The molecule has 1 aliphatic carbocycles. The largest absolute Gasteiger partial charge is 0.377 e. The van der Waals surface area contributed by atoms with Crippen molar-refractivity contribution in [2.24, 2.45) is 5.92 Å². The van der Waals surface area contributed by atoms with E-state index in [2.05, 4.69) is 0 Å². The number of carbonyl (C=O) groups excluding carboxylic acids is 1. The summed E-state index contributed by atoms with van der Waals surface area (Å²) in [5.41, 5.74) is 1.96. The van der Waals surface area contributed by atoms with E-state index < -0.39 is 0 Å². The summed E-state index contributed by atoms with van der Waals surface area (Å²) >= 11 is 2.01. The third-order valence-corrected chi connectivity index (χ3v) is 6.53. The van der Waals surface area contributed by atoms with Crippen LogP contribution in [0.15, 0.2) is 24.3 Å². The maximum absolute atomic E-state index is 12.5. The van der Waals surface area contributed by atoms with Gasteiger partial charge in [-0.2, -0.15) is 0 Å². The highest BCUT2D eigenvalue weighted by atomic mass is 32.2. The minimum atomic E-state index is 0.178. The fourth-order valence-corrected chi connectivity index (χ4v) is 4.99. The zero-order valence-corrected chi connectivity index (χ0v) is 13.9. The lowest BCUT2D eigenvalue weighted by atomic mass is 9.92. The number of aryl methyl sites for hydroxylation is 1. The van der Waals surface area contributed by atoms with Crippen molar-refractivity contribution in [1.29, 1.82) is 0 Å². The zero-order valence-electron chi connectivity index (χ0n) is 13.1. The van der Waals surface area contributed by atoms with Crippen molar-refractivity contribution in [3.8, 4) is 0 Å². The predicted octanol–water partition coefficient (Wildman–Crippen LogP) is 3.12. The van der Waals surface area contributed by atoms with E-state index in [0.717, 1.165) is 48.9 Å². The van der Waals surface area contributed by atoms with Gasteiger partial charge in [-0.15, -0.1) is 11.8 Å². The van der Waals surface area contributed by atoms with Gasteiger partial charge in [0.25, 0.3) is 5.91 Å². The zero-order chi connectivity index (χ0) is 15.2. The van der Waals surface area contributed by atoms with Gasteiger partial charge in [-0.05, 0) is 44.2 Å². The normalized spacial score (nSPS) is 26.2. The summed E-state index contributed by atoms with van der Waals surface area (Å²) < 4.78 is 6.30. The van der Waals surface area contributed by atoms with Crippen molar-refractivity contribution in [2.75, 3.05) is 25.4 Å². The van der Waals surface area contributed by atoms with Gasteiger partial charge in [0.05, 0.1) is 10.9 Å². The maximum Gasteiger partial charge on any atom is 0.253 e. The number of likely N-dealkylation sites (tertiary alicyclic amines) is 1. The molecule has 0 bridgehead atoms. The minimum absolute atomic E-state index is 0.178. The van der Waals surface area contributed by atoms with Crippen LogP contribution in [-0.4, -0.2) is 47.1 Å². The molecule has 1 saturated carbocycles. The molecule has 1 amide bonds. The molecular weight excluding hydrogens is 294 g/mol. The van der Waals surface area contributed by atoms with Crippen LogP contribution in [0.5, 0.6) is 0 Å². The van der Waals surface area contributed by atoms with Crippen molar-refractivity contribution in [1.82, 2.24) is 4.90 Å². The molecule has 4 rings (SSSR count). The molecular formula is C18H23NO2S. The highest BCUT2D eigenvalue weighted by molar-refractivity contribution is 8.01. The molecule has 1 atom stereocenters. The van der Waals surface area contributed by atoms with Crippen molar-refractivity contribution >= 4 is 17.7 Å². The molecule has 4 heteroatoms. The molecule has 2 heterocycles. The van der Waals surface area contributed by atoms with Crippen molar-refractivity contribution < 1.29 is 9.53 Å². The number of amides is 1. The Labute approximate surface area is 136 Å². The molecule has 3 nitrogen and oxygen atoms in total. The molecule has 0 radical (unpaired) electrons. The van der Waals surface area contributed by atoms with Crippen LogP contribution in [-0.2, 0) is 4.74 Å². The Morgan fingerprint density at radius 1 is 1.41 bits per heavy atom. The summed E-state index contributed by atoms with van der Waals surface area (Å²) in [4.78, 5) is 14.5. The summed E-state index contributed by atoms with van der Waals surface area (Å²) in [6.45, 7) is 4.75. The average Bonchev–Trinajstić information content (AvgIpc) is 3.21. The average molecular weight is 317 g/mol. The van der Waals surface area contributed by atoms with Crippen LogP contribution in [0.25, 0.3) is 0 Å². The van der Waals surface area contributed by atoms with Crippen LogP contribution in [0.4, 0.5) is 0 Å². The lowest BCUT2D eigenvalue weighted by molar-refractivity contribution is 0.0287. The van der Waals surface area contributed by atoms with E-state index >= 15 is 0 Å². The summed E-state index contributed by atoms with van der Waals surface area (Å²) in [6.07, 6.45) is 4.22. The minimum Gasteiger partial charge on any atom is -0.377 e. The first-order chi connectivity index (χ1) is 10.6. The topological polar surface area (TPSA) is 29.5 Å². The van der Waals surface area contributed by atoms with Gasteiger partial charge in [0.15, 0.2) is 0 Å². The van der Waals surface area contributed by atoms with Gasteiger partial charge in [-0.25, -0.2) is 0 Å². The predicted molar refractivity (Wildman–Crippen MR) is 89.4 cm³/mol. The third kappa shape index (κ3) is 2.91. The summed E-state index contributed by atoms with van der Waals surface area (Å²) in [5.74, 6) is 2.11. The number of thioether (sulfide) groups is 1. The van der Waals surface area contributed by atoms with E-state index in [-0.39, 0.29) is 10.7 Å². The van der Waals surface area contributed by atoms with Crippen LogP contribution in [0.3, 0.4) is 0 Å². The summed E-state index contributed by atoms with van der Waals surface area (Å²) in [7, 11) is 0. The van der Waals surface area contributed by atoms with E-state index in [4.69, 9.17) is 4.74 Å². The Bertz CT molecular complexity index is 578. The van der Waals surface area contributed by atoms with Crippen LogP contribution in [0.1, 0.15) is 35.2 Å². The van der Waals surface area contributed by atoms with E-state index in [1.165, 1.54) is 12.8 Å². The number of ether oxygens (including phenoxy) is 1. The second-order valence-electron chi connectivity index (χ2n) is 7.13. The molecule has 0 aromatic heterocycles. The van der Waals surface area contributed by atoms with Crippen molar-refractivity contribution in [2.45, 2.75) is 37.0 Å². The highest BCUT2D eigenvalue weighted by Gasteiger charge is 2.51. The van der Waals surface area contributed by atoms with E-state index in [9.17, 15) is 4.79 Å². The van der Waals surface area contributed by atoms with Gasteiger partial charge in [-0.1, -0.05) is 17.7 Å². The molecule has 1 aromatic carbocycles. The number of benzene rings is 1. The first kappa shape index (κ1) is 14.6. The Balaban J connectivity index is 1.30.